The third-order valence-corrected chi connectivity index (χ3v) is 4.34. The first-order valence-corrected chi connectivity index (χ1v) is 7.43. The monoisotopic (exact) mass is 286 g/mol. The van der Waals surface area contributed by atoms with Gasteiger partial charge in [0.15, 0.2) is 0 Å². The molecule has 0 spiro atoms. The Balaban J connectivity index is 1.99. The molecule has 1 N–H and O–H groups in total. The van der Waals surface area contributed by atoms with Crippen LogP contribution in [0.4, 0.5) is 0 Å². The van der Waals surface area contributed by atoms with E-state index in [-0.39, 0.29) is 6.04 Å². The van der Waals surface area contributed by atoms with Crippen molar-refractivity contribution in [3.63, 3.8) is 0 Å². The SMILES string of the molecule is ClN1CCNCC1C(c1ccccc1)c1ccccc1. The van der Waals surface area contributed by atoms with Crippen molar-refractivity contribution in [3.8, 4) is 0 Å². The number of halogens is 1. The minimum Gasteiger partial charge on any atom is -0.314 e. The number of nitrogens with one attached hydrogen (secondary N) is 1. The fourth-order valence-electron chi connectivity index (χ4n) is 2.94. The molecule has 1 aliphatic heterocycles. The van der Waals surface area contributed by atoms with Crippen LogP contribution in [0.1, 0.15) is 17.0 Å². The summed E-state index contributed by atoms with van der Waals surface area (Å²) in [5.74, 6) is 0.294. The minimum absolute atomic E-state index is 0.273. The lowest BCUT2D eigenvalue weighted by Crippen LogP contribution is -2.49. The van der Waals surface area contributed by atoms with E-state index in [1.807, 2.05) is 4.42 Å². The van der Waals surface area contributed by atoms with Gasteiger partial charge in [0.05, 0.1) is 0 Å². The quantitative estimate of drug-likeness (QED) is 0.872. The summed E-state index contributed by atoms with van der Waals surface area (Å²) in [6.07, 6.45) is 0. The summed E-state index contributed by atoms with van der Waals surface area (Å²) in [5.41, 5.74) is 2.64. The lowest BCUT2D eigenvalue weighted by atomic mass is 9.84. The highest BCUT2D eigenvalue weighted by atomic mass is 35.5. The van der Waals surface area contributed by atoms with Crippen molar-refractivity contribution in [2.24, 2.45) is 0 Å². The molecule has 1 saturated heterocycles. The van der Waals surface area contributed by atoms with Crippen LogP contribution in [0.5, 0.6) is 0 Å². The lowest BCUT2D eigenvalue weighted by Gasteiger charge is -2.37. The number of benzene rings is 2. The van der Waals surface area contributed by atoms with Gasteiger partial charge in [0, 0.05) is 31.6 Å². The van der Waals surface area contributed by atoms with Crippen molar-refractivity contribution in [2.75, 3.05) is 19.6 Å². The van der Waals surface area contributed by atoms with Gasteiger partial charge in [0.2, 0.25) is 0 Å². The zero-order valence-corrected chi connectivity index (χ0v) is 12.1. The first kappa shape index (κ1) is 13.6. The first-order valence-electron chi connectivity index (χ1n) is 7.09. The van der Waals surface area contributed by atoms with Crippen molar-refractivity contribution in [3.05, 3.63) is 71.8 Å². The van der Waals surface area contributed by atoms with Crippen LogP contribution in [-0.4, -0.2) is 30.1 Å². The molecule has 3 heteroatoms. The van der Waals surface area contributed by atoms with Crippen LogP contribution in [0.15, 0.2) is 60.7 Å². The van der Waals surface area contributed by atoms with Crippen molar-refractivity contribution >= 4 is 11.8 Å². The summed E-state index contributed by atoms with van der Waals surface area (Å²) < 4.78 is 1.96. The molecule has 1 atom stereocenters. The Hall–Kier alpha value is -1.35. The molecule has 0 bridgehead atoms. The second-order valence-electron chi connectivity index (χ2n) is 5.19. The second kappa shape index (κ2) is 6.40. The molecule has 1 unspecified atom stereocenters. The molecule has 0 saturated carbocycles. The average Bonchev–Trinajstić information content (AvgIpc) is 2.52. The van der Waals surface area contributed by atoms with Crippen LogP contribution >= 0.6 is 11.8 Å². The largest absolute Gasteiger partial charge is 0.314 e. The van der Waals surface area contributed by atoms with Gasteiger partial charge in [-0.1, -0.05) is 60.7 Å². The van der Waals surface area contributed by atoms with Crippen molar-refractivity contribution in [1.82, 2.24) is 9.74 Å². The first-order chi connectivity index (χ1) is 9.86. The molecular formula is C17H19ClN2. The van der Waals surface area contributed by atoms with E-state index in [1.54, 1.807) is 0 Å². The standard InChI is InChI=1S/C17H19ClN2/c18-20-12-11-19-13-16(20)17(14-7-3-1-4-8-14)15-9-5-2-6-10-15/h1-10,16-17,19H,11-13H2. The van der Waals surface area contributed by atoms with Crippen LogP contribution in [0.3, 0.4) is 0 Å². The van der Waals surface area contributed by atoms with Crippen LogP contribution < -0.4 is 5.32 Å². The third kappa shape index (κ3) is 2.88. The molecule has 2 aromatic rings. The van der Waals surface area contributed by atoms with Crippen molar-refractivity contribution < 1.29 is 0 Å². The highest BCUT2D eigenvalue weighted by molar-refractivity contribution is 6.13. The summed E-state index contributed by atoms with van der Waals surface area (Å²) in [4.78, 5) is 0. The Kier molecular flexibility index (Phi) is 4.36. The van der Waals surface area contributed by atoms with E-state index in [9.17, 15) is 0 Å². The van der Waals surface area contributed by atoms with E-state index < -0.39 is 0 Å². The molecule has 2 aromatic carbocycles. The van der Waals surface area contributed by atoms with E-state index in [2.05, 4.69) is 66.0 Å². The number of hydrogen-bond donors (Lipinski definition) is 1. The van der Waals surface area contributed by atoms with Gasteiger partial charge < -0.3 is 5.32 Å². The van der Waals surface area contributed by atoms with E-state index in [4.69, 9.17) is 11.8 Å². The summed E-state index contributed by atoms with van der Waals surface area (Å²) in [7, 11) is 0. The number of nitrogens with zero attached hydrogens (tertiary/aromatic N) is 1. The minimum atomic E-state index is 0.273. The van der Waals surface area contributed by atoms with Gasteiger partial charge in [-0.05, 0) is 22.9 Å². The van der Waals surface area contributed by atoms with Gasteiger partial charge in [0.1, 0.15) is 0 Å². The average molecular weight is 287 g/mol. The van der Waals surface area contributed by atoms with Gasteiger partial charge in [-0.15, -0.1) is 0 Å². The van der Waals surface area contributed by atoms with Crippen molar-refractivity contribution in [2.45, 2.75) is 12.0 Å². The second-order valence-corrected chi connectivity index (χ2v) is 5.63. The topological polar surface area (TPSA) is 15.3 Å². The molecule has 0 aromatic heterocycles. The maximum Gasteiger partial charge on any atom is 0.0486 e. The summed E-state index contributed by atoms with van der Waals surface area (Å²) in [6, 6.07) is 21.5. The van der Waals surface area contributed by atoms with Crippen LogP contribution in [0, 0.1) is 0 Å². The summed E-state index contributed by atoms with van der Waals surface area (Å²) >= 11 is 6.47. The van der Waals surface area contributed by atoms with Crippen LogP contribution in [-0.2, 0) is 0 Å². The zero-order valence-electron chi connectivity index (χ0n) is 11.4. The van der Waals surface area contributed by atoms with E-state index in [0.717, 1.165) is 19.6 Å². The Morgan fingerprint density at radius 2 is 1.50 bits per heavy atom. The third-order valence-electron chi connectivity index (χ3n) is 3.92. The van der Waals surface area contributed by atoms with E-state index in [1.165, 1.54) is 11.1 Å². The predicted molar refractivity (Wildman–Crippen MR) is 83.9 cm³/mol. The van der Waals surface area contributed by atoms with Gasteiger partial charge >= 0.3 is 0 Å². The van der Waals surface area contributed by atoms with Gasteiger partial charge in [-0.25, -0.2) is 4.42 Å². The van der Waals surface area contributed by atoms with Gasteiger partial charge in [-0.2, -0.15) is 0 Å². The Morgan fingerprint density at radius 1 is 0.950 bits per heavy atom. The fraction of sp³-hybridized carbons (Fsp3) is 0.294. The highest BCUT2D eigenvalue weighted by Gasteiger charge is 2.31. The molecule has 1 aliphatic rings. The molecule has 1 heterocycles. The molecule has 2 nitrogen and oxygen atoms in total. The summed E-state index contributed by atoms with van der Waals surface area (Å²) in [6.45, 7) is 2.75. The smallest absolute Gasteiger partial charge is 0.0486 e. The zero-order chi connectivity index (χ0) is 13.8. The molecule has 0 radical (unpaired) electrons. The van der Waals surface area contributed by atoms with E-state index >= 15 is 0 Å². The Labute approximate surface area is 125 Å². The molecule has 1 fully saturated rings. The van der Waals surface area contributed by atoms with Crippen LogP contribution in [0.25, 0.3) is 0 Å². The fourth-order valence-corrected chi connectivity index (χ4v) is 3.20. The lowest BCUT2D eigenvalue weighted by molar-refractivity contribution is 0.259. The number of piperazine rings is 1. The summed E-state index contributed by atoms with van der Waals surface area (Å²) in [5, 5.41) is 3.46. The van der Waals surface area contributed by atoms with Gasteiger partial charge in [0.25, 0.3) is 0 Å². The van der Waals surface area contributed by atoms with E-state index in [0.29, 0.717) is 5.92 Å². The number of hydrogen-bond acceptors (Lipinski definition) is 2. The maximum absolute atomic E-state index is 6.47. The Morgan fingerprint density at radius 3 is 2.00 bits per heavy atom. The molecule has 3 rings (SSSR count). The van der Waals surface area contributed by atoms with Crippen LogP contribution in [0.2, 0.25) is 0 Å². The highest BCUT2D eigenvalue weighted by Crippen LogP contribution is 2.32. The normalized spacial score (nSPS) is 20.2. The van der Waals surface area contributed by atoms with Gasteiger partial charge in [-0.3, -0.25) is 0 Å². The Bertz CT molecular complexity index is 490. The molecule has 104 valence electrons. The predicted octanol–water partition coefficient (Wildman–Crippen LogP) is 3.25. The maximum atomic E-state index is 6.47. The number of rotatable bonds is 3. The molecule has 0 aliphatic carbocycles. The van der Waals surface area contributed by atoms with Crippen molar-refractivity contribution in [1.29, 1.82) is 0 Å². The molecular weight excluding hydrogens is 268 g/mol. The molecule has 20 heavy (non-hydrogen) atoms. The molecule has 0 amide bonds.